The smallest absolute Gasteiger partial charge is 0.310 e. The van der Waals surface area contributed by atoms with E-state index in [0.29, 0.717) is 11.5 Å². The SMILES string of the molecule is COc1ccc(COC(=O)Cc2coc3c(C)c(C)ccc23)cc1OC. The number of esters is 1. The third kappa shape index (κ3) is 3.52. The number of benzene rings is 2. The topological polar surface area (TPSA) is 57.9 Å². The highest BCUT2D eigenvalue weighted by molar-refractivity contribution is 5.88. The van der Waals surface area contributed by atoms with Gasteiger partial charge in [0.2, 0.25) is 0 Å². The van der Waals surface area contributed by atoms with Crippen LogP contribution >= 0.6 is 0 Å². The Morgan fingerprint density at radius 1 is 1.04 bits per heavy atom. The van der Waals surface area contributed by atoms with Gasteiger partial charge in [0.15, 0.2) is 11.5 Å². The predicted molar refractivity (Wildman–Crippen MR) is 98.7 cm³/mol. The summed E-state index contributed by atoms with van der Waals surface area (Å²) in [5.74, 6) is 0.937. The summed E-state index contributed by atoms with van der Waals surface area (Å²) < 4.78 is 21.5. The maximum atomic E-state index is 12.2. The van der Waals surface area contributed by atoms with Gasteiger partial charge in [0.05, 0.1) is 26.9 Å². The maximum absolute atomic E-state index is 12.2. The van der Waals surface area contributed by atoms with Crippen LogP contribution < -0.4 is 9.47 Å². The first kappa shape index (κ1) is 17.9. The van der Waals surface area contributed by atoms with E-state index in [4.69, 9.17) is 18.6 Å². The van der Waals surface area contributed by atoms with E-state index in [1.807, 2.05) is 32.0 Å². The highest BCUT2D eigenvalue weighted by Gasteiger charge is 2.14. The van der Waals surface area contributed by atoms with Crippen molar-refractivity contribution in [2.75, 3.05) is 14.2 Å². The summed E-state index contributed by atoms with van der Waals surface area (Å²) in [6, 6.07) is 9.44. The minimum Gasteiger partial charge on any atom is -0.493 e. The van der Waals surface area contributed by atoms with Crippen molar-refractivity contribution in [2.24, 2.45) is 0 Å². The Kier molecular flexibility index (Phi) is 5.16. The van der Waals surface area contributed by atoms with Crippen LogP contribution in [-0.2, 0) is 22.6 Å². The lowest BCUT2D eigenvalue weighted by molar-refractivity contribution is -0.144. The summed E-state index contributed by atoms with van der Waals surface area (Å²) in [5, 5.41) is 0.955. The number of furan rings is 1. The first-order chi connectivity index (χ1) is 12.5. The van der Waals surface area contributed by atoms with E-state index in [1.54, 1.807) is 32.6 Å². The molecule has 5 nitrogen and oxygen atoms in total. The lowest BCUT2D eigenvalue weighted by atomic mass is 10.0. The Bertz CT molecular complexity index is 939. The molecule has 3 aromatic rings. The van der Waals surface area contributed by atoms with Crippen molar-refractivity contribution in [1.82, 2.24) is 0 Å². The fourth-order valence-corrected chi connectivity index (χ4v) is 2.87. The number of rotatable bonds is 6. The van der Waals surface area contributed by atoms with Crippen LogP contribution in [0.4, 0.5) is 0 Å². The van der Waals surface area contributed by atoms with Gasteiger partial charge >= 0.3 is 5.97 Å². The van der Waals surface area contributed by atoms with Crippen LogP contribution in [-0.4, -0.2) is 20.2 Å². The van der Waals surface area contributed by atoms with Gasteiger partial charge in [0.25, 0.3) is 0 Å². The van der Waals surface area contributed by atoms with E-state index < -0.39 is 0 Å². The van der Waals surface area contributed by atoms with Crippen molar-refractivity contribution < 1.29 is 23.4 Å². The molecule has 0 bridgehead atoms. The van der Waals surface area contributed by atoms with Crippen molar-refractivity contribution >= 4 is 16.9 Å². The molecule has 0 aliphatic heterocycles. The third-order valence-electron chi connectivity index (χ3n) is 4.52. The summed E-state index contributed by atoms with van der Waals surface area (Å²) in [6.07, 6.45) is 1.80. The molecule has 0 aliphatic rings. The Labute approximate surface area is 152 Å². The quantitative estimate of drug-likeness (QED) is 0.616. The standard InChI is InChI=1S/C21H22O5/c1-13-5-7-17-16(12-26-21(17)14(13)2)10-20(22)25-11-15-6-8-18(23-3)19(9-15)24-4/h5-9,12H,10-11H2,1-4H3. The molecule has 0 amide bonds. The summed E-state index contributed by atoms with van der Waals surface area (Å²) in [7, 11) is 3.15. The van der Waals surface area contributed by atoms with Gasteiger partial charge in [0, 0.05) is 10.9 Å². The summed E-state index contributed by atoms with van der Waals surface area (Å²) >= 11 is 0. The van der Waals surface area contributed by atoms with Crippen LogP contribution in [0.2, 0.25) is 0 Å². The van der Waals surface area contributed by atoms with Crippen LogP contribution in [0.25, 0.3) is 11.0 Å². The van der Waals surface area contributed by atoms with E-state index >= 15 is 0 Å². The summed E-state index contributed by atoms with van der Waals surface area (Å²) in [6.45, 7) is 4.22. The molecule has 0 radical (unpaired) electrons. The number of hydrogen-bond acceptors (Lipinski definition) is 5. The van der Waals surface area contributed by atoms with Crippen LogP contribution in [0.3, 0.4) is 0 Å². The van der Waals surface area contributed by atoms with Gasteiger partial charge in [0.1, 0.15) is 12.2 Å². The Hall–Kier alpha value is -2.95. The van der Waals surface area contributed by atoms with Crippen molar-refractivity contribution in [1.29, 1.82) is 0 Å². The molecule has 136 valence electrons. The average molecular weight is 354 g/mol. The second kappa shape index (κ2) is 7.52. The van der Waals surface area contributed by atoms with Gasteiger partial charge in [-0.15, -0.1) is 0 Å². The zero-order valence-electron chi connectivity index (χ0n) is 15.4. The molecule has 0 saturated heterocycles. The number of carbonyl (C=O) groups is 1. The number of ether oxygens (including phenoxy) is 3. The minimum atomic E-state index is -0.305. The fourth-order valence-electron chi connectivity index (χ4n) is 2.87. The number of methoxy groups -OCH3 is 2. The predicted octanol–water partition coefficient (Wildman–Crippen LogP) is 4.35. The van der Waals surface area contributed by atoms with E-state index in [0.717, 1.165) is 33.2 Å². The van der Waals surface area contributed by atoms with Crippen molar-refractivity contribution in [2.45, 2.75) is 26.9 Å². The molecule has 0 aliphatic carbocycles. The van der Waals surface area contributed by atoms with E-state index in [9.17, 15) is 4.79 Å². The molecule has 5 heteroatoms. The molecule has 26 heavy (non-hydrogen) atoms. The zero-order chi connectivity index (χ0) is 18.7. The lowest BCUT2D eigenvalue weighted by Crippen LogP contribution is -2.08. The molecule has 2 aromatic carbocycles. The minimum absolute atomic E-state index is 0.169. The molecule has 0 unspecified atom stereocenters. The van der Waals surface area contributed by atoms with Crippen LogP contribution in [0, 0.1) is 13.8 Å². The van der Waals surface area contributed by atoms with Crippen molar-refractivity contribution in [3.8, 4) is 11.5 Å². The van der Waals surface area contributed by atoms with Crippen molar-refractivity contribution in [3.05, 3.63) is 58.8 Å². The Morgan fingerprint density at radius 3 is 2.54 bits per heavy atom. The number of carbonyl (C=O) groups excluding carboxylic acids is 1. The summed E-state index contributed by atoms with van der Waals surface area (Å²) in [5.41, 5.74) is 4.74. The molecule has 0 spiro atoms. The van der Waals surface area contributed by atoms with E-state index in [2.05, 4.69) is 0 Å². The highest BCUT2D eigenvalue weighted by atomic mass is 16.5. The van der Waals surface area contributed by atoms with Gasteiger partial charge in [-0.1, -0.05) is 18.2 Å². The maximum Gasteiger partial charge on any atom is 0.310 e. The highest BCUT2D eigenvalue weighted by Crippen LogP contribution is 2.29. The van der Waals surface area contributed by atoms with Crippen LogP contribution in [0.15, 0.2) is 41.0 Å². The third-order valence-corrected chi connectivity index (χ3v) is 4.52. The molecule has 0 atom stereocenters. The molecule has 1 heterocycles. The number of aryl methyl sites for hydroxylation is 2. The van der Waals surface area contributed by atoms with E-state index in [-0.39, 0.29) is 19.0 Å². The summed E-state index contributed by atoms with van der Waals surface area (Å²) in [4.78, 5) is 12.2. The fraction of sp³-hybridized carbons (Fsp3) is 0.286. The molecular weight excluding hydrogens is 332 g/mol. The second-order valence-corrected chi connectivity index (χ2v) is 6.17. The van der Waals surface area contributed by atoms with Crippen molar-refractivity contribution in [3.63, 3.8) is 0 Å². The van der Waals surface area contributed by atoms with Gasteiger partial charge in [-0.3, -0.25) is 4.79 Å². The largest absolute Gasteiger partial charge is 0.493 e. The molecular formula is C21H22O5. The molecule has 3 rings (SSSR count). The number of fused-ring (bicyclic) bond motifs is 1. The lowest BCUT2D eigenvalue weighted by Gasteiger charge is -2.10. The van der Waals surface area contributed by atoms with Gasteiger partial charge in [-0.25, -0.2) is 0 Å². The zero-order valence-corrected chi connectivity index (χ0v) is 15.4. The van der Waals surface area contributed by atoms with Crippen LogP contribution in [0.1, 0.15) is 22.3 Å². The molecule has 0 fully saturated rings. The molecule has 0 saturated carbocycles. The van der Waals surface area contributed by atoms with Crippen LogP contribution in [0.5, 0.6) is 11.5 Å². The number of hydrogen-bond donors (Lipinski definition) is 0. The first-order valence-electron chi connectivity index (χ1n) is 8.36. The Balaban J connectivity index is 1.67. The Morgan fingerprint density at radius 2 is 1.81 bits per heavy atom. The second-order valence-electron chi connectivity index (χ2n) is 6.17. The van der Waals surface area contributed by atoms with E-state index in [1.165, 1.54) is 0 Å². The van der Waals surface area contributed by atoms with Gasteiger partial charge < -0.3 is 18.6 Å². The first-order valence-corrected chi connectivity index (χ1v) is 8.36. The monoisotopic (exact) mass is 354 g/mol. The average Bonchev–Trinajstić information content (AvgIpc) is 3.06. The molecule has 0 N–H and O–H groups in total. The van der Waals surface area contributed by atoms with Gasteiger partial charge in [-0.05, 0) is 42.7 Å². The van der Waals surface area contributed by atoms with Gasteiger partial charge in [-0.2, -0.15) is 0 Å². The normalized spacial score (nSPS) is 10.8. The molecule has 1 aromatic heterocycles.